The highest BCUT2D eigenvalue weighted by molar-refractivity contribution is 5.80. The van der Waals surface area contributed by atoms with Crippen molar-refractivity contribution in [3.8, 4) is 0 Å². The molecule has 0 saturated carbocycles. The summed E-state index contributed by atoms with van der Waals surface area (Å²) in [7, 11) is 0. The molecule has 0 bridgehead atoms. The van der Waals surface area contributed by atoms with Crippen molar-refractivity contribution in [3.05, 3.63) is 0 Å². The van der Waals surface area contributed by atoms with Gasteiger partial charge in [-0.1, -0.05) is 90.4 Å². The van der Waals surface area contributed by atoms with Crippen LogP contribution in [0.1, 0.15) is 110 Å². The van der Waals surface area contributed by atoms with Gasteiger partial charge in [-0.3, -0.25) is 9.59 Å². The molecule has 0 fully saturated rings. The third-order valence-corrected chi connectivity index (χ3v) is 5.25. The quantitative estimate of drug-likeness (QED) is 0.162. The molecule has 2 atom stereocenters. The number of hydrogen-bond acceptors (Lipinski definition) is 7. The molecule has 0 aromatic carbocycles. The molecule has 0 amide bonds. The van der Waals surface area contributed by atoms with Gasteiger partial charge in [-0.15, -0.1) is 0 Å². The minimum atomic E-state index is -1.84. The number of rotatable bonds is 22. The average molecular weight is 461 g/mol. The van der Waals surface area contributed by atoms with Crippen LogP contribution >= 0.6 is 0 Å². The van der Waals surface area contributed by atoms with E-state index < -0.39 is 43.1 Å². The molecule has 0 spiro atoms. The number of carboxylic acid groups (broad SMARTS) is 1. The van der Waals surface area contributed by atoms with Gasteiger partial charge in [-0.05, 0) is 6.42 Å². The third-order valence-electron chi connectivity index (χ3n) is 5.25. The highest BCUT2D eigenvalue weighted by Crippen LogP contribution is 2.13. The number of aliphatic hydroxyl groups excluding tert-OH is 2. The monoisotopic (exact) mass is 460 g/mol. The summed E-state index contributed by atoms with van der Waals surface area (Å²) in [5, 5.41) is 27.2. The first kappa shape index (κ1) is 30.3. The van der Waals surface area contributed by atoms with E-state index >= 15 is 0 Å². The maximum atomic E-state index is 11.7. The zero-order chi connectivity index (χ0) is 24.0. The standard InChI is InChI=1S/C24H44O8/c1-2-3-4-5-6-7-8-9-10-11-12-13-14-15-16-22(27)31-18-20(25)19-32-23(28)17-21(26)24(29)30/h20-21,25-26H,2-19H2,1H3,(H,29,30). The van der Waals surface area contributed by atoms with Gasteiger partial charge in [0.05, 0.1) is 6.42 Å². The lowest BCUT2D eigenvalue weighted by Crippen LogP contribution is -2.28. The lowest BCUT2D eigenvalue weighted by atomic mass is 10.0. The Morgan fingerprint density at radius 3 is 1.50 bits per heavy atom. The first-order valence-electron chi connectivity index (χ1n) is 12.3. The zero-order valence-corrected chi connectivity index (χ0v) is 19.8. The van der Waals surface area contributed by atoms with E-state index in [1.54, 1.807) is 0 Å². The molecule has 0 radical (unpaired) electrons. The van der Waals surface area contributed by atoms with Gasteiger partial charge >= 0.3 is 17.9 Å². The minimum absolute atomic E-state index is 0.287. The van der Waals surface area contributed by atoms with Crippen LogP contribution < -0.4 is 0 Å². The summed E-state index contributed by atoms with van der Waals surface area (Å²) in [6.07, 6.45) is 13.9. The van der Waals surface area contributed by atoms with E-state index in [2.05, 4.69) is 11.7 Å². The summed E-state index contributed by atoms with van der Waals surface area (Å²) in [6, 6.07) is 0. The van der Waals surface area contributed by atoms with Gasteiger partial charge in [0.15, 0.2) is 6.10 Å². The first-order valence-corrected chi connectivity index (χ1v) is 12.3. The second-order valence-corrected chi connectivity index (χ2v) is 8.42. The highest BCUT2D eigenvalue weighted by Gasteiger charge is 2.20. The van der Waals surface area contributed by atoms with Crippen LogP contribution in [-0.4, -0.2) is 58.6 Å². The van der Waals surface area contributed by atoms with Crippen LogP contribution in [0.2, 0.25) is 0 Å². The molecule has 0 saturated heterocycles. The molecular weight excluding hydrogens is 416 g/mol. The Bertz CT molecular complexity index is 494. The number of unbranched alkanes of at least 4 members (excludes halogenated alkanes) is 13. The Hall–Kier alpha value is -1.67. The molecule has 0 aliphatic carbocycles. The van der Waals surface area contributed by atoms with E-state index in [1.807, 2.05) is 0 Å². The molecule has 8 heteroatoms. The summed E-state index contributed by atoms with van der Waals surface area (Å²) in [4.78, 5) is 33.4. The van der Waals surface area contributed by atoms with Crippen LogP contribution in [0.5, 0.6) is 0 Å². The van der Waals surface area contributed by atoms with E-state index in [0.29, 0.717) is 0 Å². The van der Waals surface area contributed by atoms with Gasteiger partial charge in [-0.2, -0.15) is 0 Å². The third kappa shape index (κ3) is 20.2. The molecule has 0 aliphatic rings. The Balaban J connectivity index is 3.45. The summed E-state index contributed by atoms with van der Waals surface area (Å²) >= 11 is 0. The molecule has 32 heavy (non-hydrogen) atoms. The van der Waals surface area contributed by atoms with E-state index in [0.717, 1.165) is 19.3 Å². The van der Waals surface area contributed by atoms with Crippen LogP contribution in [0, 0.1) is 0 Å². The predicted molar refractivity (Wildman–Crippen MR) is 121 cm³/mol. The summed E-state index contributed by atoms with van der Waals surface area (Å²) < 4.78 is 9.59. The lowest BCUT2D eigenvalue weighted by Gasteiger charge is -2.12. The molecule has 2 unspecified atom stereocenters. The number of hydrogen-bond donors (Lipinski definition) is 3. The predicted octanol–water partition coefficient (Wildman–Crippen LogP) is 4.14. The summed E-state index contributed by atoms with van der Waals surface area (Å²) in [5.41, 5.74) is 0. The van der Waals surface area contributed by atoms with Gasteiger partial charge in [0.2, 0.25) is 0 Å². The van der Waals surface area contributed by atoms with Crippen LogP contribution in [0.3, 0.4) is 0 Å². The second kappa shape index (κ2) is 21.2. The smallest absolute Gasteiger partial charge is 0.333 e. The largest absolute Gasteiger partial charge is 0.479 e. The van der Waals surface area contributed by atoms with E-state index in [1.165, 1.54) is 70.6 Å². The number of carboxylic acids is 1. The van der Waals surface area contributed by atoms with Crippen LogP contribution in [0.15, 0.2) is 0 Å². The number of carbonyl (C=O) groups is 3. The van der Waals surface area contributed by atoms with Gasteiger partial charge in [-0.25, -0.2) is 4.79 Å². The fourth-order valence-electron chi connectivity index (χ4n) is 3.27. The van der Waals surface area contributed by atoms with E-state index in [9.17, 15) is 19.5 Å². The number of aliphatic carboxylic acids is 1. The molecule has 188 valence electrons. The SMILES string of the molecule is CCCCCCCCCCCCCCCCC(=O)OCC(O)COC(=O)CC(O)C(=O)O. The molecule has 0 rings (SSSR count). The molecule has 0 aromatic rings. The Morgan fingerprint density at radius 1 is 0.656 bits per heavy atom. The van der Waals surface area contributed by atoms with E-state index in [4.69, 9.17) is 14.9 Å². The first-order chi connectivity index (χ1) is 15.4. The number of carbonyl (C=O) groups excluding carboxylic acids is 2. The Morgan fingerprint density at radius 2 is 1.06 bits per heavy atom. The number of aliphatic hydroxyl groups is 2. The van der Waals surface area contributed by atoms with Crippen LogP contribution in [-0.2, 0) is 23.9 Å². The maximum Gasteiger partial charge on any atom is 0.333 e. The van der Waals surface area contributed by atoms with Crippen molar-refractivity contribution >= 4 is 17.9 Å². The van der Waals surface area contributed by atoms with Crippen molar-refractivity contribution in [1.82, 2.24) is 0 Å². The topological polar surface area (TPSA) is 130 Å². The fraction of sp³-hybridized carbons (Fsp3) is 0.875. The second-order valence-electron chi connectivity index (χ2n) is 8.42. The normalized spacial score (nSPS) is 12.8. The average Bonchev–Trinajstić information content (AvgIpc) is 2.76. The van der Waals surface area contributed by atoms with Gasteiger partial charge < -0.3 is 24.8 Å². The van der Waals surface area contributed by atoms with Crippen molar-refractivity contribution in [3.63, 3.8) is 0 Å². The van der Waals surface area contributed by atoms with Crippen LogP contribution in [0.25, 0.3) is 0 Å². The fourth-order valence-corrected chi connectivity index (χ4v) is 3.27. The summed E-state index contributed by atoms with van der Waals surface area (Å²) in [6.45, 7) is 1.51. The number of esters is 2. The van der Waals surface area contributed by atoms with Crippen molar-refractivity contribution in [2.24, 2.45) is 0 Å². The molecule has 8 nitrogen and oxygen atoms in total. The van der Waals surface area contributed by atoms with Crippen molar-refractivity contribution in [1.29, 1.82) is 0 Å². The van der Waals surface area contributed by atoms with Crippen molar-refractivity contribution < 1.29 is 39.2 Å². The minimum Gasteiger partial charge on any atom is -0.479 e. The summed E-state index contributed by atoms with van der Waals surface area (Å²) in [5.74, 6) is -2.89. The van der Waals surface area contributed by atoms with Crippen molar-refractivity contribution in [2.45, 2.75) is 122 Å². The molecule has 0 aliphatic heterocycles. The molecule has 0 aromatic heterocycles. The Kier molecular flexibility index (Phi) is 20.1. The van der Waals surface area contributed by atoms with Gasteiger partial charge in [0, 0.05) is 6.42 Å². The maximum absolute atomic E-state index is 11.7. The van der Waals surface area contributed by atoms with Crippen LogP contribution in [0.4, 0.5) is 0 Å². The lowest BCUT2D eigenvalue weighted by molar-refractivity contribution is -0.159. The highest BCUT2D eigenvalue weighted by atomic mass is 16.6. The number of ether oxygens (including phenoxy) is 2. The zero-order valence-electron chi connectivity index (χ0n) is 19.8. The van der Waals surface area contributed by atoms with Gasteiger partial charge in [0.25, 0.3) is 0 Å². The molecule has 3 N–H and O–H groups in total. The van der Waals surface area contributed by atoms with E-state index in [-0.39, 0.29) is 13.0 Å². The van der Waals surface area contributed by atoms with Gasteiger partial charge in [0.1, 0.15) is 19.3 Å². The molecule has 0 heterocycles. The molecular formula is C24H44O8. The Labute approximate surface area is 192 Å². The van der Waals surface area contributed by atoms with Crippen molar-refractivity contribution in [2.75, 3.05) is 13.2 Å².